The summed E-state index contributed by atoms with van der Waals surface area (Å²) in [5.74, 6) is -0.913. The molecule has 1 aromatic carbocycles. The minimum absolute atomic E-state index is 0.188. The van der Waals surface area contributed by atoms with Crippen LogP contribution in [0.15, 0.2) is 21.6 Å². The number of nitrogens with zero attached hydrogens (tertiary/aromatic N) is 2. The Bertz CT molecular complexity index is 922. The summed E-state index contributed by atoms with van der Waals surface area (Å²) >= 11 is 4.61. The van der Waals surface area contributed by atoms with Crippen molar-refractivity contribution in [3.05, 3.63) is 48.3 Å². The van der Waals surface area contributed by atoms with Gasteiger partial charge in [0.2, 0.25) is 5.75 Å². The molecule has 0 saturated heterocycles. The number of thiophene rings is 1. The highest BCUT2D eigenvalue weighted by Crippen LogP contribution is 2.40. The highest BCUT2D eigenvalue weighted by atomic mass is 79.9. The fourth-order valence-electron chi connectivity index (χ4n) is 2.93. The topological polar surface area (TPSA) is 102 Å². The second kappa shape index (κ2) is 7.55. The molecule has 26 heavy (non-hydrogen) atoms. The third-order valence-corrected chi connectivity index (χ3v) is 5.80. The Morgan fingerprint density at radius 2 is 2.15 bits per heavy atom. The zero-order chi connectivity index (χ0) is 18.8. The molecule has 0 fully saturated rings. The number of halogens is 1. The number of phenols is 1. The van der Waals surface area contributed by atoms with E-state index in [0.29, 0.717) is 15.0 Å². The van der Waals surface area contributed by atoms with E-state index in [4.69, 9.17) is 4.74 Å². The number of methoxy groups -OCH3 is 1. The van der Waals surface area contributed by atoms with E-state index in [0.717, 1.165) is 36.1 Å². The van der Waals surface area contributed by atoms with Crippen LogP contribution in [-0.4, -0.2) is 29.3 Å². The molecule has 0 amide bonds. The van der Waals surface area contributed by atoms with Crippen LogP contribution in [0.5, 0.6) is 5.75 Å². The van der Waals surface area contributed by atoms with Gasteiger partial charge in [0.15, 0.2) is 0 Å². The lowest BCUT2D eigenvalue weighted by molar-refractivity contribution is -0.385. The van der Waals surface area contributed by atoms with Gasteiger partial charge in [0.05, 0.1) is 17.6 Å². The van der Waals surface area contributed by atoms with Crippen molar-refractivity contribution in [2.75, 3.05) is 7.11 Å². The second-order valence-corrected chi connectivity index (χ2v) is 7.76. The van der Waals surface area contributed by atoms with E-state index in [1.54, 1.807) is 0 Å². The van der Waals surface area contributed by atoms with E-state index >= 15 is 0 Å². The van der Waals surface area contributed by atoms with Crippen molar-refractivity contribution in [1.82, 2.24) is 0 Å². The summed E-state index contributed by atoms with van der Waals surface area (Å²) in [5.41, 5.74) is 1.20. The molecule has 1 aliphatic carbocycles. The van der Waals surface area contributed by atoms with Gasteiger partial charge in [-0.15, -0.1) is 11.3 Å². The predicted molar refractivity (Wildman–Crippen MR) is 102 cm³/mol. The summed E-state index contributed by atoms with van der Waals surface area (Å²) in [4.78, 5) is 28.0. The lowest BCUT2D eigenvalue weighted by atomic mass is 9.95. The molecule has 0 saturated carbocycles. The summed E-state index contributed by atoms with van der Waals surface area (Å²) in [6.45, 7) is 0. The van der Waals surface area contributed by atoms with Crippen molar-refractivity contribution in [3.8, 4) is 5.75 Å². The zero-order valence-corrected chi connectivity index (χ0v) is 16.2. The fourth-order valence-corrected chi connectivity index (χ4v) is 4.61. The Hall–Kier alpha value is -2.26. The van der Waals surface area contributed by atoms with E-state index in [1.165, 1.54) is 36.8 Å². The molecule has 9 heteroatoms. The number of carbonyl (C=O) groups is 1. The van der Waals surface area contributed by atoms with Crippen molar-refractivity contribution in [2.24, 2.45) is 4.99 Å². The minimum Gasteiger partial charge on any atom is -0.502 e. The summed E-state index contributed by atoms with van der Waals surface area (Å²) in [7, 11) is 1.33. The molecular weight excluding hydrogens is 424 g/mol. The van der Waals surface area contributed by atoms with Crippen LogP contribution in [0.25, 0.3) is 0 Å². The van der Waals surface area contributed by atoms with Crippen LogP contribution in [-0.2, 0) is 17.6 Å². The van der Waals surface area contributed by atoms with Gasteiger partial charge < -0.3 is 9.84 Å². The van der Waals surface area contributed by atoms with E-state index in [2.05, 4.69) is 20.9 Å². The summed E-state index contributed by atoms with van der Waals surface area (Å²) in [6.07, 6.45) is 5.11. The van der Waals surface area contributed by atoms with E-state index in [-0.39, 0.29) is 5.56 Å². The van der Waals surface area contributed by atoms with Crippen molar-refractivity contribution in [1.29, 1.82) is 0 Å². The lowest BCUT2D eigenvalue weighted by Crippen LogP contribution is -2.07. The number of esters is 1. The molecule has 3 rings (SSSR count). The summed E-state index contributed by atoms with van der Waals surface area (Å²) in [6, 6.07) is 2.74. The molecule has 0 radical (unpaired) electrons. The number of phenolic OH excluding ortho intramolecular Hbond substituents is 1. The molecule has 0 bridgehead atoms. The molecule has 1 N–H and O–H groups in total. The van der Waals surface area contributed by atoms with Crippen molar-refractivity contribution >= 4 is 50.1 Å². The van der Waals surface area contributed by atoms with Gasteiger partial charge in [-0.1, -0.05) is 15.9 Å². The van der Waals surface area contributed by atoms with Crippen LogP contribution in [0.1, 0.15) is 39.2 Å². The highest BCUT2D eigenvalue weighted by molar-refractivity contribution is 9.10. The molecule has 1 aromatic heterocycles. The first-order chi connectivity index (χ1) is 12.4. The zero-order valence-electron chi connectivity index (χ0n) is 13.8. The smallest absolute Gasteiger partial charge is 0.341 e. The minimum atomic E-state index is -0.666. The number of rotatable bonds is 4. The quantitative estimate of drug-likeness (QED) is 0.326. The Morgan fingerprint density at radius 3 is 2.85 bits per heavy atom. The van der Waals surface area contributed by atoms with Crippen molar-refractivity contribution in [3.63, 3.8) is 0 Å². The Labute approximate surface area is 161 Å². The first-order valence-electron chi connectivity index (χ1n) is 7.86. The number of carbonyl (C=O) groups excluding carboxylic acids is 1. The summed E-state index contributed by atoms with van der Waals surface area (Å²) in [5, 5.41) is 21.6. The Balaban J connectivity index is 2.06. The van der Waals surface area contributed by atoms with Gasteiger partial charge in [-0.3, -0.25) is 10.1 Å². The molecule has 7 nitrogen and oxygen atoms in total. The molecule has 0 atom stereocenters. The maximum atomic E-state index is 12.2. The molecule has 2 aromatic rings. The average molecular weight is 439 g/mol. The van der Waals surface area contributed by atoms with Gasteiger partial charge >= 0.3 is 11.7 Å². The number of hydrogen-bond donors (Lipinski definition) is 1. The van der Waals surface area contributed by atoms with Gasteiger partial charge in [0.25, 0.3) is 0 Å². The third kappa shape index (κ3) is 3.49. The van der Waals surface area contributed by atoms with Gasteiger partial charge in [-0.2, -0.15) is 0 Å². The molecule has 136 valence electrons. The van der Waals surface area contributed by atoms with Gasteiger partial charge in [-0.25, -0.2) is 9.79 Å². The number of benzene rings is 1. The number of aliphatic imine (C=N–C) groups is 1. The number of nitro benzene ring substituents is 1. The monoisotopic (exact) mass is 438 g/mol. The summed E-state index contributed by atoms with van der Waals surface area (Å²) < 4.78 is 5.34. The number of ether oxygens (including phenoxy) is 1. The maximum absolute atomic E-state index is 12.2. The van der Waals surface area contributed by atoms with E-state index < -0.39 is 22.3 Å². The Morgan fingerprint density at radius 1 is 1.42 bits per heavy atom. The largest absolute Gasteiger partial charge is 0.502 e. The molecule has 0 aliphatic heterocycles. The molecule has 1 aliphatic rings. The van der Waals surface area contributed by atoms with Crippen LogP contribution in [0.3, 0.4) is 0 Å². The predicted octanol–water partition coefficient (Wildman–Crippen LogP) is 4.54. The first-order valence-corrected chi connectivity index (χ1v) is 9.47. The molecular formula is C17H15BrN2O5S. The number of nitro groups is 1. The highest BCUT2D eigenvalue weighted by Gasteiger charge is 2.26. The van der Waals surface area contributed by atoms with Gasteiger partial charge in [0.1, 0.15) is 5.00 Å². The first kappa shape index (κ1) is 18.5. The molecule has 1 heterocycles. The third-order valence-electron chi connectivity index (χ3n) is 4.14. The van der Waals surface area contributed by atoms with E-state index in [9.17, 15) is 20.0 Å². The van der Waals surface area contributed by atoms with Crippen molar-refractivity contribution < 1.29 is 19.6 Å². The number of aryl methyl sites for hydroxylation is 1. The van der Waals surface area contributed by atoms with Crippen molar-refractivity contribution in [2.45, 2.75) is 25.7 Å². The van der Waals surface area contributed by atoms with E-state index in [1.807, 2.05) is 0 Å². The van der Waals surface area contributed by atoms with Crippen LogP contribution in [0.2, 0.25) is 0 Å². The average Bonchev–Trinajstić information content (AvgIpc) is 2.99. The van der Waals surface area contributed by atoms with Crippen LogP contribution in [0.4, 0.5) is 10.7 Å². The second-order valence-electron chi connectivity index (χ2n) is 5.76. The number of aromatic hydroxyl groups is 1. The number of hydrogen-bond acceptors (Lipinski definition) is 7. The van der Waals surface area contributed by atoms with Gasteiger partial charge in [0, 0.05) is 27.2 Å². The van der Waals surface area contributed by atoms with Gasteiger partial charge in [-0.05, 0) is 37.3 Å². The maximum Gasteiger partial charge on any atom is 0.341 e. The molecule has 0 spiro atoms. The van der Waals surface area contributed by atoms with Crippen LogP contribution >= 0.6 is 27.3 Å². The lowest BCUT2D eigenvalue weighted by Gasteiger charge is -2.11. The number of fused-ring (bicyclic) bond motifs is 1. The normalized spacial score (nSPS) is 13.6. The van der Waals surface area contributed by atoms with Crippen LogP contribution in [0, 0.1) is 10.1 Å². The Kier molecular flexibility index (Phi) is 5.38. The van der Waals surface area contributed by atoms with Crippen LogP contribution < -0.4 is 0 Å². The SMILES string of the molecule is COC(=O)c1c(/N=C/c2cc(Br)cc([N+](=O)[O-])c2O)sc2c1CCCC2. The molecule has 0 unspecified atom stereocenters. The standard InChI is InChI=1S/C17H15BrN2O5S/c1-25-17(22)14-11-4-2-3-5-13(11)26-16(14)19-8-9-6-10(18)7-12(15(9)21)20(23)24/h6-8,21H,2-5H2,1H3/b19-8+. The fraction of sp³-hybridized carbons (Fsp3) is 0.294.